The second-order valence-corrected chi connectivity index (χ2v) is 6.32. The molecular weight excluding hydrogens is 352 g/mol. The van der Waals surface area contributed by atoms with Crippen molar-refractivity contribution in [3.8, 4) is 11.5 Å². The predicted molar refractivity (Wildman–Crippen MR) is 104 cm³/mol. The number of ether oxygens (including phenoxy) is 2. The number of likely N-dealkylation sites (N-methyl/N-ethyl adjacent to an activating group) is 1. The highest BCUT2D eigenvalue weighted by molar-refractivity contribution is 6.30. The van der Waals surface area contributed by atoms with Crippen LogP contribution >= 0.6 is 11.6 Å². The van der Waals surface area contributed by atoms with Gasteiger partial charge in [-0.25, -0.2) is 0 Å². The number of hydrogen-bond donors (Lipinski definition) is 2. The largest absolute Gasteiger partial charge is 0.493 e. The monoisotopic (exact) mass is 376 g/mol. The third-order valence-corrected chi connectivity index (χ3v) is 4.20. The molecule has 0 saturated carbocycles. The van der Waals surface area contributed by atoms with Crippen molar-refractivity contribution in [3.05, 3.63) is 58.6 Å². The number of halogens is 1. The summed E-state index contributed by atoms with van der Waals surface area (Å²) in [6.45, 7) is 5.19. The topological polar surface area (TPSA) is 59.6 Å². The summed E-state index contributed by atoms with van der Waals surface area (Å²) in [4.78, 5) is 11.5. The first-order valence-corrected chi connectivity index (χ1v) is 8.96. The number of carbonyl (C=O) groups excluding carboxylic acids is 1. The zero-order valence-electron chi connectivity index (χ0n) is 15.3. The molecule has 140 valence electrons. The second-order valence-electron chi connectivity index (χ2n) is 5.88. The first-order chi connectivity index (χ1) is 12.5. The molecule has 0 aliphatic carbocycles. The Morgan fingerprint density at radius 3 is 2.54 bits per heavy atom. The fourth-order valence-electron chi connectivity index (χ4n) is 2.47. The van der Waals surface area contributed by atoms with Crippen molar-refractivity contribution in [1.82, 2.24) is 10.6 Å². The van der Waals surface area contributed by atoms with Crippen LogP contribution in [0.25, 0.3) is 0 Å². The molecule has 0 fully saturated rings. The molecule has 2 rings (SSSR count). The fourth-order valence-corrected chi connectivity index (χ4v) is 2.60. The molecule has 1 unspecified atom stereocenters. The van der Waals surface area contributed by atoms with E-state index in [1.807, 2.05) is 49.4 Å². The van der Waals surface area contributed by atoms with Gasteiger partial charge in [0.1, 0.15) is 0 Å². The number of hydrogen-bond acceptors (Lipinski definition) is 4. The molecule has 0 radical (unpaired) electrons. The molecule has 1 atom stereocenters. The van der Waals surface area contributed by atoms with Crippen LogP contribution in [0.1, 0.15) is 31.0 Å². The zero-order chi connectivity index (χ0) is 18.9. The Morgan fingerprint density at radius 1 is 1.15 bits per heavy atom. The molecule has 0 aliphatic rings. The number of benzene rings is 2. The Balaban J connectivity index is 1.95. The van der Waals surface area contributed by atoms with E-state index in [9.17, 15) is 4.79 Å². The van der Waals surface area contributed by atoms with Gasteiger partial charge in [0.05, 0.1) is 7.11 Å². The minimum absolute atomic E-state index is 0.0323. The molecule has 2 aromatic rings. The summed E-state index contributed by atoms with van der Waals surface area (Å²) in [5, 5.41) is 6.89. The quantitative estimate of drug-likeness (QED) is 0.700. The van der Waals surface area contributed by atoms with Crippen molar-refractivity contribution in [1.29, 1.82) is 0 Å². The van der Waals surface area contributed by atoms with E-state index in [1.165, 1.54) is 5.56 Å². The smallest absolute Gasteiger partial charge is 0.257 e. The Hall–Kier alpha value is -2.24. The predicted octanol–water partition coefficient (Wildman–Crippen LogP) is 3.71. The lowest BCUT2D eigenvalue weighted by Crippen LogP contribution is -2.28. The van der Waals surface area contributed by atoms with Crippen LogP contribution in [-0.4, -0.2) is 26.2 Å². The average molecular weight is 377 g/mol. The standard InChI is InChI=1S/C20H25ClN2O3/c1-4-22-20(24)13-26-18-10-5-15(11-19(18)25-3)12-23-14(2)16-6-8-17(21)9-7-16/h5-11,14,23H,4,12-13H2,1-3H3,(H,22,24). The highest BCUT2D eigenvalue weighted by Gasteiger charge is 2.10. The number of nitrogens with one attached hydrogen (secondary N) is 2. The van der Waals surface area contributed by atoms with Crippen molar-refractivity contribution in [2.75, 3.05) is 20.3 Å². The van der Waals surface area contributed by atoms with E-state index in [0.717, 1.165) is 10.6 Å². The molecule has 2 aromatic carbocycles. The summed E-state index contributed by atoms with van der Waals surface area (Å²) in [5.41, 5.74) is 2.23. The van der Waals surface area contributed by atoms with Gasteiger partial charge in [0.15, 0.2) is 18.1 Å². The van der Waals surface area contributed by atoms with Gasteiger partial charge >= 0.3 is 0 Å². The van der Waals surface area contributed by atoms with Gasteiger partial charge in [-0.1, -0.05) is 29.8 Å². The van der Waals surface area contributed by atoms with Crippen LogP contribution in [0.3, 0.4) is 0 Å². The van der Waals surface area contributed by atoms with Gasteiger partial charge in [0.2, 0.25) is 0 Å². The van der Waals surface area contributed by atoms with Crippen molar-refractivity contribution < 1.29 is 14.3 Å². The maximum absolute atomic E-state index is 11.5. The first kappa shape index (κ1) is 20.1. The van der Waals surface area contributed by atoms with E-state index in [2.05, 4.69) is 17.6 Å². The molecule has 5 nitrogen and oxygen atoms in total. The van der Waals surface area contributed by atoms with Gasteiger partial charge < -0.3 is 20.1 Å². The SMILES string of the molecule is CCNC(=O)COc1ccc(CNC(C)c2ccc(Cl)cc2)cc1OC. The molecule has 0 heterocycles. The Morgan fingerprint density at radius 2 is 1.88 bits per heavy atom. The summed E-state index contributed by atoms with van der Waals surface area (Å²) in [6.07, 6.45) is 0. The van der Waals surface area contributed by atoms with Crippen LogP contribution in [0, 0.1) is 0 Å². The lowest BCUT2D eigenvalue weighted by molar-refractivity contribution is -0.123. The third-order valence-electron chi connectivity index (χ3n) is 3.94. The normalized spacial score (nSPS) is 11.7. The summed E-state index contributed by atoms with van der Waals surface area (Å²) in [7, 11) is 1.59. The minimum Gasteiger partial charge on any atom is -0.493 e. The van der Waals surface area contributed by atoms with Crippen LogP contribution in [0.15, 0.2) is 42.5 Å². The maximum Gasteiger partial charge on any atom is 0.257 e. The van der Waals surface area contributed by atoms with Gasteiger partial charge in [-0.2, -0.15) is 0 Å². The van der Waals surface area contributed by atoms with Crippen LogP contribution in [0.5, 0.6) is 11.5 Å². The van der Waals surface area contributed by atoms with E-state index >= 15 is 0 Å². The molecule has 1 amide bonds. The second kappa shape index (κ2) is 10.0. The van der Waals surface area contributed by atoms with E-state index < -0.39 is 0 Å². The van der Waals surface area contributed by atoms with E-state index in [0.29, 0.717) is 24.6 Å². The van der Waals surface area contributed by atoms with Crippen molar-refractivity contribution in [3.63, 3.8) is 0 Å². The molecule has 2 N–H and O–H groups in total. The van der Waals surface area contributed by atoms with Gasteiger partial charge in [0.25, 0.3) is 5.91 Å². The number of carbonyl (C=O) groups is 1. The molecule has 0 saturated heterocycles. The van der Waals surface area contributed by atoms with Gasteiger partial charge in [0, 0.05) is 24.2 Å². The third kappa shape index (κ3) is 5.93. The first-order valence-electron chi connectivity index (χ1n) is 8.58. The van der Waals surface area contributed by atoms with Gasteiger partial charge in [-0.15, -0.1) is 0 Å². The van der Waals surface area contributed by atoms with Crippen molar-refractivity contribution in [2.24, 2.45) is 0 Å². The fraction of sp³-hybridized carbons (Fsp3) is 0.350. The molecule has 26 heavy (non-hydrogen) atoms. The van der Waals surface area contributed by atoms with Crippen LogP contribution in [0.4, 0.5) is 0 Å². The van der Waals surface area contributed by atoms with Crippen LogP contribution in [-0.2, 0) is 11.3 Å². The Labute approximate surface area is 159 Å². The highest BCUT2D eigenvalue weighted by atomic mass is 35.5. The molecule has 0 spiro atoms. The minimum atomic E-state index is -0.155. The summed E-state index contributed by atoms with van der Waals surface area (Å²) in [5.74, 6) is 0.998. The van der Waals surface area contributed by atoms with Crippen LogP contribution < -0.4 is 20.1 Å². The lowest BCUT2D eigenvalue weighted by atomic mass is 10.1. The molecule has 6 heteroatoms. The van der Waals surface area contributed by atoms with Crippen molar-refractivity contribution >= 4 is 17.5 Å². The van der Waals surface area contributed by atoms with E-state index in [1.54, 1.807) is 7.11 Å². The van der Waals surface area contributed by atoms with E-state index in [4.69, 9.17) is 21.1 Å². The summed E-state index contributed by atoms with van der Waals surface area (Å²) >= 11 is 5.93. The Kier molecular flexibility index (Phi) is 7.75. The molecule has 0 aliphatic heterocycles. The van der Waals surface area contributed by atoms with Crippen molar-refractivity contribution in [2.45, 2.75) is 26.4 Å². The average Bonchev–Trinajstić information content (AvgIpc) is 2.65. The molecular formula is C20H25ClN2O3. The van der Waals surface area contributed by atoms with Gasteiger partial charge in [-0.05, 0) is 49.2 Å². The highest BCUT2D eigenvalue weighted by Crippen LogP contribution is 2.28. The molecule has 0 bridgehead atoms. The van der Waals surface area contributed by atoms with Gasteiger partial charge in [-0.3, -0.25) is 4.79 Å². The summed E-state index contributed by atoms with van der Waals surface area (Å²) < 4.78 is 10.9. The number of amides is 1. The maximum atomic E-state index is 11.5. The summed E-state index contributed by atoms with van der Waals surface area (Å²) in [6, 6.07) is 13.7. The Bertz CT molecular complexity index is 719. The zero-order valence-corrected chi connectivity index (χ0v) is 16.1. The number of rotatable bonds is 9. The lowest BCUT2D eigenvalue weighted by Gasteiger charge is -2.16. The number of methoxy groups -OCH3 is 1. The van der Waals surface area contributed by atoms with Crippen LogP contribution in [0.2, 0.25) is 5.02 Å². The molecule has 0 aromatic heterocycles. The van der Waals surface area contributed by atoms with E-state index in [-0.39, 0.29) is 18.6 Å².